The number of carbonyl (C=O) groups is 1. The van der Waals surface area contributed by atoms with Crippen LogP contribution in [-0.2, 0) is 4.79 Å². The summed E-state index contributed by atoms with van der Waals surface area (Å²) in [7, 11) is 0. The van der Waals surface area contributed by atoms with Crippen LogP contribution in [0.3, 0.4) is 0 Å². The highest BCUT2D eigenvalue weighted by Gasteiger charge is 2.26. The summed E-state index contributed by atoms with van der Waals surface area (Å²) in [5.74, 6) is 0.0887. The molecule has 1 aromatic rings. The molecule has 4 nitrogen and oxygen atoms in total. The lowest BCUT2D eigenvalue weighted by atomic mass is 10.0. The van der Waals surface area contributed by atoms with Crippen LogP contribution in [0.2, 0.25) is 5.02 Å². The Morgan fingerprint density at radius 3 is 3.05 bits per heavy atom. The quantitative estimate of drug-likeness (QED) is 0.871. The van der Waals surface area contributed by atoms with Crippen molar-refractivity contribution in [3.05, 3.63) is 34.9 Å². The molecule has 1 aliphatic rings. The minimum Gasteiger partial charge on any atom is -0.355 e. The molecule has 5 heteroatoms. The first-order valence-corrected chi connectivity index (χ1v) is 7.56. The van der Waals surface area contributed by atoms with Crippen LogP contribution < -0.4 is 10.6 Å². The van der Waals surface area contributed by atoms with Gasteiger partial charge in [-0.3, -0.25) is 9.69 Å². The van der Waals surface area contributed by atoms with Gasteiger partial charge in [-0.25, -0.2) is 0 Å². The second-order valence-corrected chi connectivity index (χ2v) is 5.47. The number of piperazine rings is 1. The maximum atomic E-state index is 11.9. The van der Waals surface area contributed by atoms with Gasteiger partial charge in [0, 0.05) is 37.2 Å². The van der Waals surface area contributed by atoms with E-state index in [1.165, 1.54) is 0 Å². The van der Waals surface area contributed by atoms with Crippen LogP contribution in [0.25, 0.3) is 0 Å². The number of nitrogens with one attached hydrogen (secondary N) is 2. The van der Waals surface area contributed by atoms with Crippen molar-refractivity contribution in [3.63, 3.8) is 0 Å². The lowest BCUT2D eigenvalue weighted by Crippen LogP contribution is -2.49. The average Bonchev–Trinajstić information content (AvgIpc) is 2.46. The summed E-state index contributed by atoms with van der Waals surface area (Å²) in [5, 5.41) is 7.07. The van der Waals surface area contributed by atoms with Gasteiger partial charge in [-0.15, -0.1) is 0 Å². The number of nitrogens with zero attached hydrogens (tertiary/aromatic N) is 1. The van der Waals surface area contributed by atoms with E-state index in [0.717, 1.165) is 43.2 Å². The van der Waals surface area contributed by atoms with Gasteiger partial charge in [0.15, 0.2) is 0 Å². The second kappa shape index (κ2) is 7.62. The van der Waals surface area contributed by atoms with Gasteiger partial charge < -0.3 is 10.6 Å². The Labute approximate surface area is 125 Å². The molecule has 1 heterocycles. The number of halogens is 1. The average molecular weight is 296 g/mol. The van der Waals surface area contributed by atoms with E-state index < -0.39 is 0 Å². The Hall–Kier alpha value is -1.10. The fourth-order valence-electron chi connectivity index (χ4n) is 2.49. The van der Waals surface area contributed by atoms with E-state index >= 15 is 0 Å². The molecule has 1 amide bonds. The smallest absolute Gasteiger partial charge is 0.234 e. The van der Waals surface area contributed by atoms with Gasteiger partial charge in [-0.1, -0.05) is 36.7 Å². The summed E-state index contributed by atoms with van der Waals surface area (Å²) in [6, 6.07) is 8.02. The number of carbonyl (C=O) groups excluding carboxylic acids is 1. The normalized spacial score (nSPS) is 19.8. The predicted molar refractivity (Wildman–Crippen MR) is 81.9 cm³/mol. The molecule has 1 atom stereocenters. The fraction of sp³-hybridized carbons (Fsp3) is 0.533. The van der Waals surface area contributed by atoms with E-state index in [9.17, 15) is 4.79 Å². The van der Waals surface area contributed by atoms with Crippen LogP contribution in [-0.4, -0.2) is 43.5 Å². The molecule has 0 bridgehead atoms. The molecule has 1 aromatic carbocycles. The first-order chi connectivity index (χ1) is 9.72. The molecule has 1 fully saturated rings. The fourth-order valence-corrected chi connectivity index (χ4v) is 2.75. The van der Waals surface area contributed by atoms with Gasteiger partial charge in [0.25, 0.3) is 0 Å². The van der Waals surface area contributed by atoms with Gasteiger partial charge in [0.2, 0.25) is 5.91 Å². The van der Waals surface area contributed by atoms with E-state index in [2.05, 4.69) is 22.5 Å². The largest absolute Gasteiger partial charge is 0.355 e. The van der Waals surface area contributed by atoms with Crippen molar-refractivity contribution in [3.8, 4) is 0 Å². The Kier molecular flexibility index (Phi) is 5.83. The summed E-state index contributed by atoms with van der Waals surface area (Å²) in [4.78, 5) is 14.1. The van der Waals surface area contributed by atoms with Gasteiger partial charge in [0.05, 0.1) is 6.54 Å². The summed E-state index contributed by atoms with van der Waals surface area (Å²) < 4.78 is 0. The first kappa shape index (κ1) is 15.3. The molecule has 20 heavy (non-hydrogen) atoms. The van der Waals surface area contributed by atoms with Gasteiger partial charge in [-0.2, -0.15) is 0 Å². The number of amides is 1. The maximum Gasteiger partial charge on any atom is 0.234 e. The Morgan fingerprint density at radius 2 is 2.30 bits per heavy atom. The zero-order chi connectivity index (χ0) is 14.4. The molecule has 1 aliphatic heterocycles. The molecule has 0 aliphatic carbocycles. The topological polar surface area (TPSA) is 44.4 Å². The predicted octanol–water partition coefficient (Wildman–Crippen LogP) is 1.81. The second-order valence-electron chi connectivity index (χ2n) is 5.06. The van der Waals surface area contributed by atoms with Crippen LogP contribution in [0.1, 0.15) is 24.9 Å². The van der Waals surface area contributed by atoms with Gasteiger partial charge in [0.1, 0.15) is 0 Å². The Morgan fingerprint density at radius 1 is 1.50 bits per heavy atom. The first-order valence-electron chi connectivity index (χ1n) is 7.18. The molecular formula is C15H22ClN3O. The summed E-state index contributed by atoms with van der Waals surface area (Å²) in [5.41, 5.74) is 1.09. The standard InChI is InChI=1S/C15H22ClN3O/c1-2-7-18-15(20)11-19-9-8-17-10-14(19)12-5-3-4-6-13(12)16/h3-6,14,17H,2,7-11H2,1H3,(H,18,20). The van der Waals surface area contributed by atoms with Crippen molar-refractivity contribution >= 4 is 17.5 Å². The number of hydrogen-bond donors (Lipinski definition) is 2. The lowest BCUT2D eigenvalue weighted by molar-refractivity contribution is -0.123. The van der Waals surface area contributed by atoms with Crippen LogP contribution in [0.5, 0.6) is 0 Å². The minimum absolute atomic E-state index is 0.0887. The Bertz CT molecular complexity index is 452. The molecule has 1 unspecified atom stereocenters. The zero-order valence-electron chi connectivity index (χ0n) is 11.9. The third-order valence-electron chi connectivity index (χ3n) is 3.54. The monoisotopic (exact) mass is 295 g/mol. The highest BCUT2D eigenvalue weighted by Crippen LogP contribution is 2.28. The van der Waals surface area contributed by atoms with Crippen molar-refractivity contribution in [1.82, 2.24) is 15.5 Å². The van der Waals surface area contributed by atoms with Crippen molar-refractivity contribution in [2.75, 3.05) is 32.7 Å². The molecular weight excluding hydrogens is 274 g/mol. The van der Waals surface area contributed by atoms with Crippen LogP contribution in [0.15, 0.2) is 24.3 Å². The maximum absolute atomic E-state index is 11.9. The molecule has 0 radical (unpaired) electrons. The van der Waals surface area contributed by atoms with E-state index in [0.29, 0.717) is 6.54 Å². The molecule has 0 saturated carbocycles. The van der Waals surface area contributed by atoms with Gasteiger partial charge in [-0.05, 0) is 18.1 Å². The van der Waals surface area contributed by atoms with Crippen LogP contribution in [0.4, 0.5) is 0 Å². The van der Waals surface area contributed by atoms with Crippen LogP contribution in [0, 0.1) is 0 Å². The lowest BCUT2D eigenvalue weighted by Gasteiger charge is -2.36. The van der Waals surface area contributed by atoms with E-state index in [-0.39, 0.29) is 11.9 Å². The minimum atomic E-state index is 0.0887. The summed E-state index contributed by atoms with van der Waals surface area (Å²) in [6.45, 7) is 5.80. The molecule has 1 saturated heterocycles. The van der Waals surface area contributed by atoms with Crippen LogP contribution >= 0.6 is 11.6 Å². The van der Waals surface area contributed by atoms with Crippen molar-refractivity contribution in [1.29, 1.82) is 0 Å². The number of rotatable bonds is 5. The molecule has 0 aromatic heterocycles. The summed E-state index contributed by atoms with van der Waals surface area (Å²) in [6.07, 6.45) is 0.960. The van der Waals surface area contributed by atoms with E-state index in [1.807, 2.05) is 24.3 Å². The molecule has 110 valence electrons. The SMILES string of the molecule is CCCNC(=O)CN1CCNCC1c1ccccc1Cl. The highest BCUT2D eigenvalue weighted by atomic mass is 35.5. The van der Waals surface area contributed by atoms with E-state index in [4.69, 9.17) is 11.6 Å². The third-order valence-corrected chi connectivity index (χ3v) is 3.88. The van der Waals surface area contributed by atoms with Crippen molar-refractivity contribution in [2.24, 2.45) is 0 Å². The Balaban J connectivity index is 2.06. The van der Waals surface area contributed by atoms with Crippen molar-refractivity contribution in [2.45, 2.75) is 19.4 Å². The molecule has 0 spiro atoms. The third kappa shape index (κ3) is 3.95. The molecule has 2 N–H and O–H groups in total. The molecule has 2 rings (SSSR count). The zero-order valence-corrected chi connectivity index (χ0v) is 12.6. The van der Waals surface area contributed by atoms with Gasteiger partial charge >= 0.3 is 0 Å². The highest BCUT2D eigenvalue weighted by molar-refractivity contribution is 6.31. The number of benzene rings is 1. The van der Waals surface area contributed by atoms with E-state index in [1.54, 1.807) is 0 Å². The van der Waals surface area contributed by atoms with Crippen molar-refractivity contribution < 1.29 is 4.79 Å². The number of hydrogen-bond acceptors (Lipinski definition) is 3. The summed E-state index contributed by atoms with van der Waals surface area (Å²) >= 11 is 6.29.